The van der Waals surface area contributed by atoms with Gasteiger partial charge in [-0.1, -0.05) is 6.92 Å². The Hall–Kier alpha value is -3.31. The first-order valence-electron chi connectivity index (χ1n) is 7.41. The summed E-state index contributed by atoms with van der Waals surface area (Å²) in [7, 11) is 0. The normalized spacial score (nSPS) is 11.9. The number of nitrogens with one attached hydrogen (secondary N) is 1. The summed E-state index contributed by atoms with van der Waals surface area (Å²) in [6.07, 6.45) is 2.42. The second-order valence-electron chi connectivity index (χ2n) is 5.49. The molecule has 134 valence electrons. The van der Waals surface area contributed by atoms with E-state index in [0.29, 0.717) is 12.2 Å². The number of carbonyl (C=O) groups is 1. The maximum absolute atomic E-state index is 12.1. The van der Waals surface area contributed by atoms with Gasteiger partial charge in [-0.3, -0.25) is 19.6 Å². The van der Waals surface area contributed by atoms with E-state index in [4.69, 9.17) is 0 Å². The average Bonchev–Trinajstić information content (AvgIpc) is 3.15. The number of nitro groups is 2. The van der Waals surface area contributed by atoms with E-state index in [-0.39, 0.29) is 30.5 Å². The average molecular weight is 351 g/mol. The molecule has 0 spiro atoms. The van der Waals surface area contributed by atoms with E-state index in [1.54, 1.807) is 13.8 Å². The number of aryl methyl sites for hydroxylation is 1. The largest absolute Gasteiger partial charge is 0.390 e. The summed E-state index contributed by atoms with van der Waals surface area (Å²) in [4.78, 5) is 32.2. The predicted molar refractivity (Wildman–Crippen MR) is 84.7 cm³/mol. The van der Waals surface area contributed by atoms with Crippen molar-refractivity contribution in [3.05, 3.63) is 44.4 Å². The molecule has 0 bridgehead atoms. The number of hydrogen-bond donors (Lipinski definition) is 1. The van der Waals surface area contributed by atoms with Crippen LogP contribution in [0.15, 0.2) is 18.5 Å². The van der Waals surface area contributed by atoms with Crippen LogP contribution in [0.5, 0.6) is 0 Å². The Morgan fingerprint density at radius 3 is 2.64 bits per heavy atom. The van der Waals surface area contributed by atoms with Gasteiger partial charge >= 0.3 is 11.5 Å². The molecule has 0 saturated heterocycles. The fourth-order valence-corrected chi connectivity index (χ4v) is 2.15. The second-order valence-corrected chi connectivity index (χ2v) is 5.49. The van der Waals surface area contributed by atoms with Crippen molar-refractivity contribution in [1.82, 2.24) is 24.9 Å². The fraction of sp³-hybridized carbons (Fsp3) is 0.462. The molecule has 2 aromatic rings. The van der Waals surface area contributed by atoms with Gasteiger partial charge in [-0.25, -0.2) is 0 Å². The Morgan fingerprint density at radius 1 is 1.36 bits per heavy atom. The maximum Gasteiger partial charge on any atom is 0.390 e. The molecule has 25 heavy (non-hydrogen) atoms. The lowest BCUT2D eigenvalue weighted by Gasteiger charge is -2.11. The third-order valence-electron chi connectivity index (χ3n) is 3.52. The summed E-state index contributed by atoms with van der Waals surface area (Å²) in [5.41, 5.74) is 0.477. The third kappa shape index (κ3) is 4.59. The molecule has 2 heterocycles. The van der Waals surface area contributed by atoms with Gasteiger partial charge in [-0.15, -0.1) is 0 Å². The molecule has 0 aliphatic rings. The third-order valence-corrected chi connectivity index (χ3v) is 3.52. The van der Waals surface area contributed by atoms with Crippen LogP contribution in [0.2, 0.25) is 0 Å². The van der Waals surface area contributed by atoms with Crippen molar-refractivity contribution in [3.8, 4) is 0 Å². The Morgan fingerprint density at radius 2 is 2.08 bits per heavy atom. The molecule has 0 fully saturated rings. The Kier molecular flexibility index (Phi) is 5.41. The summed E-state index contributed by atoms with van der Waals surface area (Å²) >= 11 is 0. The predicted octanol–water partition coefficient (Wildman–Crippen LogP) is 0.657. The molecule has 0 aliphatic carbocycles. The monoisotopic (exact) mass is 351 g/mol. The SMILES string of the molecule is Cc1cc([N+](=O)[O-])nn1CC(C)C(=O)NCCn1cc([N+](=O)[O-])cn1. The number of nitrogens with zero attached hydrogens (tertiary/aromatic N) is 6. The zero-order chi connectivity index (χ0) is 18.6. The summed E-state index contributed by atoms with van der Waals surface area (Å²) in [6, 6.07) is 1.34. The summed E-state index contributed by atoms with van der Waals surface area (Å²) in [6.45, 7) is 4.11. The molecule has 12 heteroatoms. The molecule has 1 N–H and O–H groups in total. The molecule has 2 rings (SSSR count). The molecule has 0 aromatic carbocycles. The van der Waals surface area contributed by atoms with Crippen molar-refractivity contribution in [1.29, 1.82) is 0 Å². The Labute approximate surface area is 141 Å². The van der Waals surface area contributed by atoms with Gasteiger partial charge in [0.05, 0.1) is 40.8 Å². The molecule has 0 aliphatic heterocycles. The van der Waals surface area contributed by atoms with E-state index in [0.717, 1.165) is 6.20 Å². The highest BCUT2D eigenvalue weighted by atomic mass is 16.6. The number of amides is 1. The number of aromatic nitrogens is 4. The van der Waals surface area contributed by atoms with Crippen molar-refractivity contribution >= 4 is 17.4 Å². The van der Waals surface area contributed by atoms with Gasteiger partial charge in [0.1, 0.15) is 12.4 Å². The highest BCUT2D eigenvalue weighted by Crippen LogP contribution is 2.13. The fourth-order valence-electron chi connectivity index (χ4n) is 2.15. The highest BCUT2D eigenvalue weighted by molar-refractivity contribution is 5.78. The van der Waals surface area contributed by atoms with Crippen LogP contribution in [-0.2, 0) is 17.9 Å². The van der Waals surface area contributed by atoms with Gasteiger partial charge in [0.2, 0.25) is 5.91 Å². The number of hydrogen-bond acceptors (Lipinski definition) is 7. The number of rotatable bonds is 8. The first kappa shape index (κ1) is 18.0. The van der Waals surface area contributed by atoms with Crippen molar-refractivity contribution in [2.75, 3.05) is 6.54 Å². The quantitative estimate of drug-likeness (QED) is 0.541. The minimum atomic E-state index is -0.586. The first-order chi connectivity index (χ1) is 11.8. The lowest BCUT2D eigenvalue weighted by Crippen LogP contribution is -2.34. The van der Waals surface area contributed by atoms with Crippen LogP contribution in [0.4, 0.5) is 11.5 Å². The van der Waals surface area contributed by atoms with Crippen LogP contribution < -0.4 is 5.32 Å². The smallest absolute Gasteiger partial charge is 0.358 e. The summed E-state index contributed by atoms with van der Waals surface area (Å²) < 4.78 is 2.78. The van der Waals surface area contributed by atoms with E-state index >= 15 is 0 Å². The number of carbonyl (C=O) groups excluding carboxylic acids is 1. The van der Waals surface area contributed by atoms with Gasteiger partial charge in [0.25, 0.3) is 0 Å². The molecule has 1 unspecified atom stereocenters. The van der Waals surface area contributed by atoms with Gasteiger partial charge in [0, 0.05) is 6.54 Å². The molecule has 2 aromatic heterocycles. The van der Waals surface area contributed by atoms with Crippen molar-refractivity contribution < 1.29 is 14.6 Å². The van der Waals surface area contributed by atoms with Crippen LogP contribution in [-0.4, -0.2) is 41.9 Å². The van der Waals surface area contributed by atoms with Crippen LogP contribution in [0.1, 0.15) is 12.6 Å². The van der Waals surface area contributed by atoms with Gasteiger partial charge < -0.3 is 15.4 Å². The van der Waals surface area contributed by atoms with Gasteiger partial charge in [-0.05, 0) is 11.8 Å². The molecule has 0 saturated carbocycles. The standard InChI is InChI=1S/C13H17N7O5/c1-9(7-18-10(2)5-12(16-18)20(24)25)13(21)14-3-4-17-8-11(6-15-17)19(22)23/h5-6,8-9H,3-4,7H2,1-2H3,(H,14,21). The van der Waals surface area contributed by atoms with Crippen LogP contribution in [0.3, 0.4) is 0 Å². The van der Waals surface area contributed by atoms with E-state index < -0.39 is 15.8 Å². The van der Waals surface area contributed by atoms with E-state index in [9.17, 15) is 25.0 Å². The van der Waals surface area contributed by atoms with E-state index in [1.165, 1.54) is 21.6 Å². The molecular weight excluding hydrogens is 334 g/mol. The zero-order valence-electron chi connectivity index (χ0n) is 13.7. The molecular formula is C13H17N7O5. The maximum atomic E-state index is 12.1. The minimum Gasteiger partial charge on any atom is -0.358 e. The molecule has 0 radical (unpaired) electrons. The Bertz CT molecular complexity index is 797. The minimum absolute atomic E-state index is 0.115. The van der Waals surface area contributed by atoms with Crippen LogP contribution in [0.25, 0.3) is 0 Å². The molecule has 1 atom stereocenters. The van der Waals surface area contributed by atoms with Crippen LogP contribution >= 0.6 is 0 Å². The van der Waals surface area contributed by atoms with E-state index in [2.05, 4.69) is 15.5 Å². The lowest BCUT2D eigenvalue weighted by molar-refractivity contribution is -0.389. The van der Waals surface area contributed by atoms with Crippen molar-refractivity contribution in [2.45, 2.75) is 26.9 Å². The lowest BCUT2D eigenvalue weighted by atomic mass is 10.1. The first-order valence-corrected chi connectivity index (χ1v) is 7.41. The van der Waals surface area contributed by atoms with E-state index in [1.807, 2.05) is 0 Å². The van der Waals surface area contributed by atoms with Crippen molar-refractivity contribution in [3.63, 3.8) is 0 Å². The molecule has 1 amide bonds. The summed E-state index contributed by atoms with van der Waals surface area (Å²) in [5, 5.41) is 31.6. The zero-order valence-corrected chi connectivity index (χ0v) is 13.7. The topological polar surface area (TPSA) is 151 Å². The second kappa shape index (κ2) is 7.51. The highest BCUT2D eigenvalue weighted by Gasteiger charge is 2.20. The van der Waals surface area contributed by atoms with Gasteiger partial charge in [0.15, 0.2) is 0 Å². The molecule has 12 nitrogen and oxygen atoms in total. The van der Waals surface area contributed by atoms with Crippen LogP contribution in [0, 0.1) is 33.1 Å². The van der Waals surface area contributed by atoms with Crippen molar-refractivity contribution in [2.24, 2.45) is 5.92 Å². The van der Waals surface area contributed by atoms with Gasteiger partial charge in [-0.2, -0.15) is 9.78 Å². The summed E-state index contributed by atoms with van der Waals surface area (Å²) in [5.74, 6) is -0.963. The Balaban J connectivity index is 1.83.